The van der Waals surface area contributed by atoms with Gasteiger partial charge < -0.3 is 18.9 Å². The van der Waals surface area contributed by atoms with Crippen LogP contribution in [0.4, 0.5) is 39.8 Å². The lowest BCUT2D eigenvalue weighted by Crippen LogP contribution is -2.17. The summed E-state index contributed by atoms with van der Waals surface area (Å²) in [5.74, 6) is 1.77. The van der Waals surface area contributed by atoms with Crippen molar-refractivity contribution in [1.82, 2.24) is 24.1 Å². The molecule has 0 saturated carbocycles. The summed E-state index contributed by atoms with van der Waals surface area (Å²) in [6.45, 7) is 39.8. The fourth-order valence-electron chi connectivity index (χ4n) is 15.2. The van der Waals surface area contributed by atoms with Crippen LogP contribution in [-0.4, -0.2) is 24.1 Å². The number of benzene rings is 13. The minimum Gasteiger partial charge on any atom is -0.310 e. The first-order chi connectivity index (χ1) is 51.8. The molecule has 3 heterocycles. The van der Waals surface area contributed by atoms with Crippen molar-refractivity contribution < 1.29 is 0 Å². The molecule has 0 bridgehead atoms. The standard InChI is InChI=1S/C100H90N8/c1-64-36-47-88-83(52-64)86-62-80(105(76-28-20-16-21-29-76)77-30-22-17-23-31-77)44-50-91(86)107(88)90-49-41-68(94-102-95(69-54-71(97(3,4)5)60-72(55-69)98(6,7)8)104-96(103-94)70-56-73(99(9,10)11)61-74(57-70)100(12,13)14)58-85(90)82-46-40-67(66-38-42-75(101-15)43-39-66)59-93(82)108-89-48-37-65(2)53-84(89)87-63-81(45-51-92(87)108)106(78-32-24-18-25-33-78)79-34-26-19-27-35-79/h16-63H,1-14H3. The lowest BCUT2D eigenvalue weighted by Gasteiger charge is -2.26. The van der Waals surface area contributed by atoms with Crippen molar-refractivity contribution in [3.8, 4) is 67.8 Å². The molecule has 530 valence electrons. The molecule has 0 aliphatic rings. The minimum absolute atomic E-state index is 0.172. The predicted molar refractivity (Wildman–Crippen MR) is 456 cm³/mol. The van der Waals surface area contributed by atoms with Crippen LogP contribution in [-0.2, 0) is 21.7 Å². The van der Waals surface area contributed by atoms with Crippen molar-refractivity contribution in [3.05, 3.63) is 336 Å². The smallest absolute Gasteiger partial charge is 0.187 e. The Hall–Kier alpha value is -12.4. The molecule has 108 heavy (non-hydrogen) atoms. The molecule has 0 aliphatic carbocycles. The summed E-state index contributed by atoms with van der Waals surface area (Å²) >= 11 is 0. The largest absolute Gasteiger partial charge is 0.310 e. The molecule has 8 heteroatoms. The lowest BCUT2D eigenvalue weighted by molar-refractivity contribution is 0.568. The van der Waals surface area contributed by atoms with Crippen LogP contribution < -0.4 is 9.80 Å². The van der Waals surface area contributed by atoms with E-state index < -0.39 is 0 Å². The highest BCUT2D eigenvalue weighted by Gasteiger charge is 2.29. The second-order valence-corrected chi connectivity index (χ2v) is 33.2. The number of aromatic nitrogens is 5. The van der Waals surface area contributed by atoms with Crippen LogP contribution >= 0.6 is 0 Å². The highest BCUT2D eigenvalue weighted by molar-refractivity contribution is 6.14. The average molecular weight is 1400 g/mol. The van der Waals surface area contributed by atoms with E-state index in [4.69, 9.17) is 21.5 Å². The van der Waals surface area contributed by atoms with Gasteiger partial charge in [0.05, 0.1) is 40.0 Å². The fourth-order valence-corrected chi connectivity index (χ4v) is 15.2. The Morgan fingerprint density at radius 3 is 1.00 bits per heavy atom. The molecule has 0 atom stereocenters. The Labute approximate surface area is 635 Å². The molecule has 13 aromatic carbocycles. The summed E-state index contributed by atoms with van der Waals surface area (Å²) in [5, 5.41) is 4.51. The molecule has 0 saturated heterocycles. The van der Waals surface area contributed by atoms with Gasteiger partial charge in [-0.05, 0) is 227 Å². The Morgan fingerprint density at radius 2 is 0.620 bits per heavy atom. The summed E-state index contributed by atoms with van der Waals surface area (Å²) in [4.78, 5) is 25.6. The van der Waals surface area contributed by atoms with Gasteiger partial charge in [-0.3, -0.25) is 0 Å². The molecule has 8 nitrogen and oxygen atoms in total. The molecule has 3 aromatic heterocycles. The second-order valence-electron chi connectivity index (χ2n) is 33.2. The molecular weight excluding hydrogens is 1310 g/mol. The zero-order valence-electron chi connectivity index (χ0n) is 64.3. The molecule has 0 aliphatic heterocycles. The number of hydrogen-bond donors (Lipinski definition) is 0. The van der Waals surface area contributed by atoms with Crippen LogP contribution in [0.1, 0.15) is 116 Å². The van der Waals surface area contributed by atoms with E-state index in [1.807, 2.05) is 12.1 Å². The summed E-state index contributed by atoms with van der Waals surface area (Å²) in [5.41, 5.74) is 26.3. The maximum Gasteiger partial charge on any atom is 0.187 e. The summed E-state index contributed by atoms with van der Waals surface area (Å²) in [6, 6.07) is 106. The van der Waals surface area contributed by atoms with E-state index in [0.717, 1.165) is 134 Å². The summed E-state index contributed by atoms with van der Waals surface area (Å²) in [7, 11) is 0. The van der Waals surface area contributed by atoms with Gasteiger partial charge in [-0.15, -0.1) is 0 Å². The van der Waals surface area contributed by atoms with Crippen molar-refractivity contribution in [1.29, 1.82) is 0 Å². The zero-order chi connectivity index (χ0) is 75.1. The normalized spacial score (nSPS) is 12.2. The van der Waals surface area contributed by atoms with Crippen molar-refractivity contribution in [2.24, 2.45) is 0 Å². The molecule has 16 aromatic rings. The molecular formula is C100H90N8. The first-order valence-corrected chi connectivity index (χ1v) is 37.6. The average Bonchev–Trinajstić information content (AvgIpc) is 1.54. The number of para-hydroxylation sites is 4. The Balaban J connectivity index is 1.02. The van der Waals surface area contributed by atoms with Crippen LogP contribution in [0.3, 0.4) is 0 Å². The second kappa shape index (κ2) is 27.2. The van der Waals surface area contributed by atoms with Gasteiger partial charge in [0.25, 0.3) is 0 Å². The van der Waals surface area contributed by atoms with Crippen molar-refractivity contribution in [2.75, 3.05) is 9.80 Å². The van der Waals surface area contributed by atoms with Crippen molar-refractivity contribution in [2.45, 2.75) is 119 Å². The fraction of sp³-hybridized carbons (Fsp3) is 0.180. The predicted octanol–water partition coefficient (Wildman–Crippen LogP) is 27.7. The van der Waals surface area contributed by atoms with E-state index in [1.165, 1.54) is 27.8 Å². The maximum atomic E-state index is 7.99. The first-order valence-electron chi connectivity index (χ1n) is 37.6. The zero-order valence-corrected chi connectivity index (χ0v) is 64.3. The van der Waals surface area contributed by atoms with E-state index in [9.17, 15) is 0 Å². The molecule has 0 radical (unpaired) electrons. The molecule has 0 N–H and O–H groups in total. The number of aryl methyl sites for hydroxylation is 2. The number of rotatable bonds is 13. The van der Waals surface area contributed by atoms with Crippen LogP contribution in [0.2, 0.25) is 0 Å². The molecule has 0 unspecified atom stereocenters. The summed E-state index contributed by atoms with van der Waals surface area (Å²) < 4.78 is 4.97. The number of hydrogen-bond acceptors (Lipinski definition) is 5. The summed E-state index contributed by atoms with van der Waals surface area (Å²) in [6.07, 6.45) is 0. The van der Waals surface area contributed by atoms with E-state index >= 15 is 0 Å². The van der Waals surface area contributed by atoms with Crippen molar-refractivity contribution >= 4 is 83.4 Å². The van der Waals surface area contributed by atoms with Gasteiger partial charge in [-0.2, -0.15) is 0 Å². The Bertz CT molecular complexity index is 5930. The van der Waals surface area contributed by atoms with Crippen LogP contribution in [0, 0.1) is 20.4 Å². The Kier molecular flexibility index (Phi) is 17.6. The monoisotopic (exact) mass is 1400 g/mol. The first kappa shape index (κ1) is 69.9. The maximum absolute atomic E-state index is 7.99. The van der Waals surface area contributed by atoms with Gasteiger partial charge >= 0.3 is 0 Å². The van der Waals surface area contributed by atoms with Crippen LogP contribution in [0.5, 0.6) is 0 Å². The Morgan fingerprint density at radius 1 is 0.278 bits per heavy atom. The third kappa shape index (κ3) is 13.3. The van der Waals surface area contributed by atoms with E-state index in [2.05, 4.69) is 400 Å². The van der Waals surface area contributed by atoms with E-state index in [0.29, 0.717) is 23.2 Å². The van der Waals surface area contributed by atoms with Gasteiger partial charge in [-0.25, -0.2) is 19.8 Å². The molecule has 0 spiro atoms. The number of fused-ring (bicyclic) bond motifs is 6. The van der Waals surface area contributed by atoms with Gasteiger partial charge in [0, 0.05) is 83.5 Å². The topological polar surface area (TPSA) is 59.4 Å². The molecule has 0 fully saturated rings. The van der Waals surface area contributed by atoms with E-state index in [1.54, 1.807) is 0 Å². The highest BCUT2D eigenvalue weighted by atomic mass is 15.2. The molecule has 0 amide bonds. The SMILES string of the molecule is [C-]#[N+]c1ccc(-c2ccc(-c3cc(-c4nc(-c5cc(C(C)(C)C)cc(C(C)(C)C)c5)nc(-c5cc(C(C)(C)C)cc(C(C)(C)C)c5)n4)ccc3-n3c4ccc(C)cc4c4cc(N(c5ccccc5)c5ccccc5)ccc43)c(-n3c4ccc(C)cc4c4cc(N(c5ccccc5)c5ccccc5)ccc43)c2)cc1. The van der Waals surface area contributed by atoms with Gasteiger partial charge in [-0.1, -0.05) is 228 Å². The van der Waals surface area contributed by atoms with E-state index in [-0.39, 0.29) is 21.7 Å². The number of anilines is 6. The minimum atomic E-state index is -0.172. The molecule has 16 rings (SSSR count). The number of nitrogens with zero attached hydrogens (tertiary/aromatic N) is 8. The highest BCUT2D eigenvalue weighted by Crippen LogP contribution is 2.48. The lowest BCUT2D eigenvalue weighted by atomic mass is 9.79. The van der Waals surface area contributed by atoms with Crippen molar-refractivity contribution in [3.63, 3.8) is 0 Å². The van der Waals surface area contributed by atoms with Gasteiger partial charge in [0.15, 0.2) is 23.2 Å². The quantitative estimate of drug-likeness (QED) is 0.108. The third-order valence-electron chi connectivity index (χ3n) is 21.2. The van der Waals surface area contributed by atoms with Gasteiger partial charge in [0.1, 0.15) is 0 Å². The van der Waals surface area contributed by atoms with Crippen LogP contribution in [0.15, 0.2) is 291 Å². The van der Waals surface area contributed by atoms with Crippen LogP contribution in [0.25, 0.3) is 116 Å². The van der Waals surface area contributed by atoms with Gasteiger partial charge in [0.2, 0.25) is 0 Å². The third-order valence-corrected chi connectivity index (χ3v) is 21.2.